The summed E-state index contributed by atoms with van der Waals surface area (Å²) < 4.78 is 5.71. The lowest BCUT2D eigenvalue weighted by atomic mass is 10.1. The molecule has 1 fully saturated rings. The number of hydrogen-bond donors (Lipinski definition) is 3. The summed E-state index contributed by atoms with van der Waals surface area (Å²) in [6, 6.07) is 0.457. The van der Waals surface area contributed by atoms with Crippen LogP contribution in [-0.2, 0) is 9.53 Å². The molecule has 6 heteroatoms. The van der Waals surface area contributed by atoms with Gasteiger partial charge >= 0.3 is 0 Å². The summed E-state index contributed by atoms with van der Waals surface area (Å²) in [6.07, 6.45) is 3.30. The summed E-state index contributed by atoms with van der Waals surface area (Å²) in [5, 5.41) is 9.17. The van der Waals surface area contributed by atoms with Crippen molar-refractivity contribution in [2.24, 2.45) is 5.84 Å². The Balaban J connectivity index is 2.49. The first kappa shape index (κ1) is 16.4. The molecule has 0 spiro atoms. The Bertz CT molecular complexity index is 272. The van der Waals surface area contributed by atoms with Gasteiger partial charge in [0.15, 0.2) is 0 Å². The van der Waals surface area contributed by atoms with Crippen LogP contribution in [0.4, 0.5) is 0 Å². The SMILES string of the molecule is CCC(CC)N(CCO)CC1CCC(C(=O)NN)O1. The lowest BCUT2D eigenvalue weighted by Crippen LogP contribution is -2.43. The summed E-state index contributed by atoms with van der Waals surface area (Å²) in [4.78, 5) is 13.7. The Morgan fingerprint density at radius 3 is 2.68 bits per heavy atom. The van der Waals surface area contributed by atoms with E-state index in [9.17, 15) is 4.79 Å². The zero-order valence-corrected chi connectivity index (χ0v) is 12.0. The zero-order chi connectivity index (χ0) is 14.3. The van der Waals surface area contributed by atoms with Gasteiger partial charge in [-0.2, -0.15) is 0 Å². The van der Waals surface area contributed by atoms with E-state index < -0.39 is 6.10 Å². The van der Waals surface area contributed by atoms with Gasteiger partial charge in [0.05, 0.1) is 12.7 Å². The lowest BCUT2D eigenvalue weighted by molar-refractivity contribution is -0.132. The predicted octanol–water partition coefficient (Wildman–Crippen LogP) is 0.00680. The first-order valence-corrected chi connectivity index (χ1v) is 7.17. The Kier molecular flexibility index (Phi) is 7.30. The van der Waals surface area contributed by atoms with Crippen molar-refractivity contribution in [3.05, 3.63) is 0 Å². The minimum atomic E-state index is -0.423. The Morgan fingerprint density at radius 2 is 2.16 bits per heavy atom. The number of nitrogens with two attached hydrogens (primary N) is 1. The van der Waals surface area contributed by atoms with Gasteiger partial charge in [-0.1, -0.05) is 13.8 Å². The molecule has 6 nitrogen and oxygen atoms in total. The fourth-order valence-corrected chi connectivity index (χ4v) is 2.74. The standard InChI is InChI=1S/C13H27N3O3/c1-3-10(4-2)16(7-8-17)9-11-5-6-12(19-11)13(18)15-14/h10-12,17H,3-9,14H2,1-2H3,(H,15,18). The third-order valence-corrected chi connectivity index (χ3v) is 3.83. The number of nitrogens with zero attached hydrogens (tertiary/aromatic N) is 1. The average Bonchev–Trinajstić information content (AvgIpc) is 2.88. The van der Waals surface area contributed by atoms with E-state index in [0.29, 0.717) is 19.0 Å². The maximum absolute atomic E-state index is 11.4. The molecule has 0 aliphatic carbocycles. The Hall–Kier alpha value is -0.690. The van der Waals surface area contributed by atoms with Crippen LogP contribution in [0.1, 0.15) is 39.5 Å². The highest BCUT2D eigenvalue weighted by Gasteiger charge is 2.32. The zero-order valence-electron chi connectivity index (χ0n) is 12.0. The van der Waals surface area contributed by atoms with Crippen LogP contribution >= 0.6 is 0 Å². The van der Waals surface area contributed by atoms with Crippen molar-refractivity contribution < 1.29 is 14.6 Å². The molecule has 2 unspecified atom stereocenters. The summed E-state index contributed by atoms with van der Waals surface area (Å²) in [5.74, 6) is 4.86. The lowest BCUT2D eigenvalue weighted by Gasteiger charge is -2.31. The van der Waals surface area contributed by atoms with Gasteiger partial charge in [0.25, 0.3) is 5.91 Å². The van der Waals surface area contributed by atoms with Gasteiger partial charge in [-0.05, 0) is 25.7 Å². The van der Waals surface area contributed by atoms with E-state index in [1.165, 1.54) is 0 Å². The first-order valence-electron chi connectivity index (χ1n) is 7.17. The number of carbonyl (C=O) groups is 1. The molecule has 0 bridgehead atoms. The number of carbonyl (C=O) groups excluding carboxylic acids is 1. The predicted molar refractivity (Wildman–Crippen MR) is 73.3 cm³/mol. The maximum atomic E-state index is 11.4. The highest BCUT2D eigenvalue weighted by atomic mass is 16.5. The number of amides is 1. The fourth-order valence-electron chi connectivity index (χ4n) is 2.74. The van der Waals surface area contributed by atoms with E-state index in [0.717, 1.165) is 25.8 Å². The van der Waals surface area contributed by atoms with E-state index >= 15 is 0 Å². The van der Waals surface area contributed by atoms with Gasteiger partial charge in [-0.3, -0.25) is 15.1 Å². The van der Waals surface area contributed by atoms with Crippen molar-refractivity contribution in [3.8, 4) is 0 Å². The summed E-state index contributed by atoms with van der Waals surface area (Å²) >= 11 is 0. The number of hydrazine groups is 1. The molecular formula is C13H27N3O3. The number of rotatable bonds is 8. The monoisotopic (exact) mass is 273 g/mol. The second-order valence-corrected chi connectivity index (χ2v) is 5.02. The highest BCUT2D eigenvalue weighted by molar-refractivity contribution is 5.80. The molecule has 0 saturated carbocycles. The molecule has 2 atom stereocenters. The minimum absolute atomic E-state index is 0.0504. The van der Waals surface area contributed by atoms with Crippen molar-refractivity contribution in [2.45, 2.75) is 57.8 Å². The molecule has 1 heterocycles. The molecule has 0 radical (unpaired) electrons. The van der Waals surface area contributed by atoms with Crippen LogP contribution in [0.15, 0.2) is 0 Å². The number of nitrogens with one attached hydrogen (secondary N) is 1. The normalized spacial score (nSPS) is 23.3. The van der Waals surface area contributed by atoms with Crippen molar-refractivity contribution >= 4 is 5.91 Å². The van der Waals surface area contributed by atoms with E-state index in [-0.39, 0.29) is 18.6 Å². The van der Waals surface area contributed by atoms with Crippen LogP contribution in [0, 0.1) is 0 Å². The number of ether oxygens (including phenoxy) is 1. The summed E-state index contributed by atoms with van der Waals surface area (Å²) in [7, 11) is 0. The molecular weight excluding hydrogens is 246 g/mol. The molecule has 0 aromatic rings. The third kappa shape index (κ3) is 4.72. The average molecular weight is 273 g/mol. The quantitative estimate of drug-likeness (QED) is 0.329. The maximum Gasteiger partial charge on any atom is 0.263 e. The Labute approximate surface area is 115 Å². The summed E-state index contributed by atoms with van der Waals surface area (Å²) in [6.45, 7) is 5.87. The summed E-state index contributed by atoms with van der Waals surface area (Å²) in [5.41, 5.74) is 2.13. The van der Waals surface area contributed by atoms with Gasteiger partial charge < -0.3 is 9.84 Å². The second-order valence-electron chi connectivity index (χ2n) is 5.02. The van der Waals surface area contributed by atoms with Gasteiger partial charge in [0.2, 0.25) is 0 Å². The topological polar surface area (TPSA) is 87.8 Å². The van der Waals surface area contributed by atoms with Gasteiger partial charge in [0.1, 0.15) is 6.10 Å². The van der Waals surface area contributed by atoms with Crippen molar-refractivity contribution in [1.29, 1.82) is 0 Å². The van der Waals surface area contributed by atoms with Crippen molar-refractivity contribution in [2.75, 3.05) is 19.7 Å². The molecule has 1 amide bonds. The minimum Gasteiger partial charge on any atom is -0.395 e. The molecule has 1 rings (SSSR count). The van der Waals surface area contributed by atoms with Crippen LogP contribution < -0.4 is 11.3 Å². The highest BCUT2D eigenvalue weighted by Crippen LogP contribution is 2.22. The molecule has 0 aromatic carbocycles. The van der Waals surface area contributed by atoms with Crippen LogP contribution in [0.25, 0.3) is 0 Å². The smallest absolute Gasteiger partial charge is 0.263 e. The molecule has 19 heavy (non-hydrogen) atoms. The molecule has 4 N–H and O–H groups in total. The molecule has 1 saturated heterocycles. The Morgan fingerprint density at radius 1 is 1.47 bits per heavy atom. The van der Waals surface area contributed by atoms with Crippen LogP contribution in [0.2, 0.25) is 0 Å². The van der Waals surface area contributed by atoms with E-state index in [1.807, 2.05) is 0 Å². The number of aliphatic hydroxyl groups excluding tert-OH is 1. The van der Waals surface area contributed by atoms with Gasteiger partial charge in [0, 0.05) is 19.1 Å². The third-order valence-electron chi connectivity index (χ3n) is 3.83. The molecule has 0 aromatic heterocycles. The van der Waals surface area contributed by atoms with Crippen molar-refractivity contribution in [1.82, 2.24) is 10.3 Å². The largest absolute Gasteiger partial charge is 0.395 e. The van der Waals surface area contributed by atoms with Gasteiger partial charge in [-0.15, -0.1) is 0 Å². The van der Waals surface area contributed by atoms with E-state index in [4.69, 9.17) is 15.7 Å². The van der Waals surface area contributed by atoms with Crippen LogP contribution in [-0.4, -0.2) is 53.9 Å². The molecule has 1 aliphatic rings. The van der Waals surface area contributed by atoms with Gasteiger partial charge in [-0.25, -0.2) is 5.84 Å². The number of hydrogen-bond acceptors (Lipinski definition) is 5. The fraction of sp³-hybridized carbons (Fsp3) is 0.923. The van der Waals surface area contributed by atoms with Crippen LogP contribution in [0.5, 0.6) is 0 Å². The van der Waals surface area contributed by atoms with E-state index in [2.05, 4.69) is 24.2 Å². The van der Waals surface area contributed by atoms with Crippen LogP contribution in [0.3, 0.4) is 0 Å². The first-order chi connectivity index (χ1) is 9.15. The second kappa shape index (κ2) is 8.47. The van der Waals surface area contributed by atoms with E-state index in [1.54, 1.807) is 0 Å². The molecule has 112 valence electrons. The van der Waals surface area contributed by atoms with Crippen molar-refractivity contribution in [3.63, 3.8) is 0 Å². The molecule has 1 aliphatic heterocycles. The number of aliphatic hydroxyl groups is 1.